The van der Waals surface area contributed by atoms with Gasteiger partial charge in [0, 0.05) is 13.1 Å². The Morgan fingerprint density at radius 3 is 2.47 bits per heavy atom. The molecular weight excluding hydrogens is 190 g/mol. The lowest BCUT2D eigenvalue weighted by molar-refractivity contribution is 0.709. The first-order chi connectivity index (χ1) is 7.17. The van der Waals surface area contributed by atoms with E-state index in [1.165, 1.54) is 0 Å². The first-order valence-electron chi connectivity index (χ1n) is 5.40. The fourth-order valence-electron chi connectivity index (χ4n) is 1.38. The maximum Gasteiger partial charge on any atom is 0.230 e. The Balaban J connectivity index is 2.81. The number of hydrogen-bond donors (Lipinski definition) is 1. The van der Waals surface area contributed by atoms with Gasteiger partial charge in [-0.1, -0.05) is 13.3 Å². The van der Waals surface area contributed by atoms with Gasteiger partial charge in [0.1, 0.15) is 5.82 Å². The molecule has 0 aliphatic heterocycles. The van der Waals surface area contributed by atoms with Crippen LogP contribution in [0.15, 0.2) is 0 Å². The molecule has 0 bridgehead atoms. The molecule has 0 radical (unpaired) electrons. The molecule has 0 aromatic carbocycles. The summed E-state index contributed by atoms with van der Waals surface area (Å²) in [7, 11) is 0. The Labute approximate surface area is 90.7 Å². The highest BCUT2D eigenvalue weighted by Gasteiger charge is 2.08. The maximum atomic E-state index is 5.59. The lowest BCUT2D eigenvalue weighted by Crippen LogP contribution is -2.26. The summed E-state index contributed by atoms with van der Waals surface area (Å²) in [6.45, 7) is 7.94. The van der Waals surface area contributed by atoms with Crippen molar-refractivity contribution in [3.05, 3.63) is 5.82 Å². The van der Waals surface area contributed by atoms with E-state index in [1.54, 1.807) is 0 Å². The zero-order chi connectivity index (χ0) is 11.3. The van der Waals surface area contributed by atoms with E-state index in [9.17, 15) is 0 Å². The predicted octanol–water partition coefficient (Wildman–Crippen LogP) is 1.39. The van der Waals surface area contributed by atoms with E-state index in [-0.39, 0.29) is 0 Å². The number of aromatic nitrogens is 3. The van der Waals surface area contributed by atoms with Crippen molar-refractivity contribution in [3.8, 4) is 0 Å². The fourth-order valence-corrected chi connectivity index (χ4v) is 1.38. The van der Waals surface area contributed by atoms with Crippen LogP contribution in [0.3, 0.4) is 0 Å². The molecule has 1 aromatic heterocycles. The van der Waals surface area contributed by atoms with Crippen LogP contribution in [-0.2, 0) is 0 Å². The minimum atomic E-state index is 0.299. The van der Waals surface area contributed by atoms with E-state index in [0.717, 1.165) is 25.9 Å². The number of hydrogen-bond acceptors (Lipinski definition) is 5. The van der Waals surface area contributed by atoms with Gasteiger partial charge in [-0.25, -0.2) is 0 Å². The number of rotatable bonds is 5. The Bertz CT molecular complexity index is 292. The summed E-state index contributed by atoms with van der Waals surface area (Å²) in [6.07, 6.45) is 2.30. The number of aryl methyl sites for hydroxylation is 1. The summed E-state index contributed by atoms with van der Waals surface area (Å²) in [4.78, 5) is 14.5. The molecule has 0 amide bonds. The summed E-state index contributed by atoms with van der Waals surface area (Å²) < 4.78 is 0. The van der Waals surface area contributed by atoms with Gasteiger partial charge in [-0.2, -0.15) is 15.0 Å². The van der Waals surface area contributed by atoms with Crippen molar-refractivity contribution in [1.82, 2.24) is 15.0 Å². The number of nitrogens with two attached hydrogens (primary N) is 1. The quantitative estimate of drug-likeness (QED) is 0.793. The van der Waals surface area contributed by atoms with Crippen LogP contribution in [0.5, 0.6) is 0 Å². The molecule has 1 aromatic rings. The minimum Gasteiger partial charge on any atom is -0.368 e. The molecule has 2 N–H and O–H groups in total. The highest BCUT2D eigenvalue weighted by molar-refractivity contribution is 5.34. The van der Waals surface area contributed by atoms with E-state index in [2.05, 4.69) is 33.7 Å². The van der Waals surface area contributed by atoms with Gasteiger partial charge in [0.15, 0.2) is 0 Å². The summed E-state index contributed by atoms with van der Waals surface area (Å²) in [6, 6.07) is 0. The van der Waals surface area contributed by atoms with Crippen LogP contribution in [0, 0.1) is 6.92 Å². The summed E-state index contributed by atoms with van der Waals surface area (Å²) in [5.41, 5.74) is 5.59. The number of nitrogens with zero attached hydrogens (tertiary/aromatic N) is 4. The highest BCUT2D eigenvalue weighted by Crippen LogP contribution is 2.09. The normalized spacial score (nSPS) is 10.3. The second-order valence-electron chi connectivity index (χ2n) is 3.47. The Morgan fingerprint density at radius 1 is 1.20 bits per heavy atom. The van der Waals surface area contributed by atoms with E-state index in [1.807, 2.05) is 6.92 Å². The molecule has 5 nitrogen and oxygen atoms in total. The molecule has 84 valence electrons. The third kappa shape index (κ3) is 3.34. The van der Waals surface area contributed by atoms with Gasteiger partial charge < -0.3 is 10.6 Å². The van der Waals surface area contributed by atoms with Crippen molar-refractivity contribution in [2.24, 2.45) is 0 Å². The molecule has 0 spiro atoms. The van der Waals surface area contributed by atoms with Crippen molar-refractivity contribution in [3.63, 3.8) is 0 Å². The van der Waals surface area contributed by atoms with Gasteiger partial charge in [0.2, 0.25) is 11.9 Å². The second-order valence-corrected chi connectivity index (χ2v) is 3.47. The van der Waals surface area contributed by atoms with Gasteiger partial charge >= 0.3 is 0 Å². The number of nitrogen functional groups attached to an aromatic ring is 1. The molecule has 0 fully saturated rings. The zero-order valence-electron chi connectivity index (χ0n) is 9.69. The molecule has 0 saturated carbocycles. The van der Waals surface area contributed by atoms with E-state index < -0.39 is 0 Å². The van der Waals surface area contributed by atoms with Crippen molar-refractivity contribution >= 4 is 11.9 Å². The van der Waals surface area contributed by atoms with Crippen LogP contribution in [0.25, 0.3) is 0 Å². The van der Waals surface area contributed by atoms with E-state index in [4.69, 9.17) is 5.73 Å². The maximum absolute atomic E-state index is 5.59. The molecule has 0 aliphatic carbocycles. The molecule has 1 rings (SSSR count). The van der Waals surface area contributed by atoms with Gasteiger partial charge in [0.25, 0.3) is 0 Å². The van der Waals surface area contributed by atoms with Crippen LogP contribution < -0.4 is 10.6 Å². The van der Waals surface area contributed by atoms with Crippen LogP contribution in [0.4, 0.5) is 11.9 Å². The second kappa shape index (κ2) is 5.48. The average molecular weight is 209 g/mol. The molecule has 0 aliphatic rings. The minimum absolute atomic E-state index is 0.299. The van der Waals surface area contributed by atoms with E-state index >= 15 is 0 Å². The standard InChI is InChI=1S/C10H19N5/c1-4-6-7-15(5-2)10-13-8(3)12-9(11)14-10/h4-7H2,1-3H3,(H2,11,12,13,14). The van der Waals surface area contributed by atoms with Crippen LogP contribution in [0.2, 0.25) is 0 Å². The first-order valence-corrected chi connectivity index (χ1v) is 5.40. The lowest BCUT2D eigenvalue weighted by Gasteiger charge is -2.20. The summed E-state index contributed by atoms with van der Waals surface area (Å²) >= 11 is 0. The Hall–Kier alpha value is -1.39. The smallest absolute Gasteiger partial charge is 0.230 e. The SMILES string of the molecule is CCCCN(CC)c1nc(C)nc(N)n1. The van der Waals surface area contributed by atoms with Gasteiger partial charge in [-0.3, -0.25) is 0 Å². The van der Waals surface area contributed by atoms with Crippen molar-refractivity contribution < 1.29 is 0 Å². The molecule has 0 saturated heterocycles. The number of anilines is 2. The largest absolute Gasteiger partial charge is 0.368 e. The number of unbranched alkanes of at least 4 members (excludes halogenated alkanes) is 1. The third-order valence-corrected chi connectivity index (χ3v) is 2.20. The van der Waals surface area contributed by atoms with Crippen molar-refractivity contribution in [1.29, 1.82) is 0 Å². The first kappa shape index (κ1) is 11.7. The van der Waals surface area contributed by atoms with Crippen LogP contribution in [0.1, 0.15) is 32.5 Å². The van der Waals surface area contributed by atoms with Crippen molar-refractivity contribution in [2.75, 3.05) is 23.7 Å². The van der Waals surface area contributed by atoms with Crippen LogP contribution >= 0.6 is 0 Å². The van der Waals surface area contributed by atoms with Gasteiger partial charge in [-0.15, -0.1) is 0 Å². The molecule has 1 heterocycles. The Morgan fingerprint density at radius 2 is 1.93 bits per heavy atom. The Kier molecular flexibility index (Phi) is 4.27. The molecule has 0 unspecified atom stereocenters. The third-order valence-electron chi connectivity index (χ3n) is 2.20. The van der Waals surface area contributed by atoms with Crippen molar-refractivity contribution in [2.45, 2.75) is 33.6 Å². The van der Waals surface area contributed by atoms with Gasteiger partial charge in [-0.05, 0) is 20.3 Å². The molecule has 5 heteroatoms. The van der Waals surface area contributed by atoms with Gasteiger partial charge in [0.05, 0.1) is 0 Å². The lowest BCUT2D eigenvalue weighted by atomic mass is 10.3. The van der Waals surface area contributed by atoms with Crippen LogP contribution in [-0.4, -0.2) is 28.0 Å². The van der Waals surface area contributed by atoms with E-state index in [0.29, 0.717) is 17.7 Å². The monoisotopic (exact) mass is 209 g/mol. The highest BCUT2D eigenvalue weighted by atomic mass is 15.3. The molecule has 15 heavy (non-hydrogen) atoms. The molecule has 0 atom stereocenters. The predicted molar refractivity (Wildman–Crippen MR) is 61.8 cm³/mol. The molecular formula is C10H19N5. The topological polar surface area (TPSA) is 67.9 Å². The summed E-state index contributed by atoms with van der Waals surface area (Å²) in [5, 5.41) is 0. The average Bonchev–Trinajstić information content (AvgIpc) is 2.17. The zero-order valence-corrected chi connectivity index (χ0v) is 9.69. The fraction of sp³-hybridized carbons (Fsp3) is 0.700. The summed E-state index contributed by atoms with van der Waals surface area (Å²) in [5.74, 6) is 1.66.